The number of esters is 1. The minimum Gasteiger partial charge on any atom is -0.453 e. The fraction of sp³-hybridized carbons (Fsp3) is 0.438. The predicted octanol–water partition coefficient (Wildman–Crippen LogP) is 1.49. The molecule has 116 valence electrons. The third-order valence-electron chi connectivity index (χ3n) is 3.74. The molecule has 0 saturated carbocycles. The number of quaternary nitrogens is 1. The minimum absolute atomic E-state index is 0.212. The Kier molecular flexibility index (Phi) is 5.11. The SMILES string of the molecule is C=C([NH3+])[C@@H](C#N)C(=O)COC(=O)c1cc2c(s1)CC[C@H](C)C2. The summed E-state index contributed by atoms with van der Waals surface area (Å²) >= 11 is 1.44. The smallest absolute Gasteiger partial charge is 0.348 e. The van der Waals surface area contributed by atoms with Crippen molar-refractivity contribution in [1.82, 2.24) is 0 Å². The van der Waals surface area contributed by atoms with Crippen LogP contribution in [0.25, 0.3) is 0 Å². The molecular weight excluding hydrogens is 300 g/mol. The maximum Gasteiger partial charge on any atom is 0.348 e. The number of nitrogens with zero attached hydrogens (tertiary/aromatic N) is 1. The van der Waals surface area contributed by atoms with Crippen LogP contribution in [0.5, 0.6) is 0 Å². The maximum atomic E-state index is 12.0. The van der Waals surface area contributed by atoms with E-state index in [1.165, 1.54) is 21.8 Å². The Morgan fingerprint density at radius 2 is 2.36 bits per heavy atom. The second kappa shape index (κ2) is 6.86. The van der Waals surface area contributed by atoms with Crippen molar-refractivity contribution in [1.29, 1.82) is 5.26 Å². The van der Waals surface area contributed by atoms with E-state index in [0.29, 0.717) is 10.8 Å². The molecule has 3 N–H and O–H groups in total. The number of carbonyl (C=O) groups is 2. The topological polar surface area (TPSA) is 94.8 Å². The zero-order chi connectivity index (χ0) is 16.3. The summed E-state index contributed by atoms with van der Waals surface area (Å²) in [7, 11) is 0. The van der Waals surface area contributed by atoms with Crippen molar-refractivity contribution in [3.63, 3.8) is 0 Å². The van der Waals surface area contributed by atoms with Crippen molar-refractivity contribution in [3.8, 4) is 6.07 Å². The molecule has 22 heavy (non-hydrogen) atoms. The van der Waals surface area contributed by atoms with E-state index in [1.807, 2.05) is 12.1 Å². The van der Waals surface area contributed by atoms with Crippen molar-refractivity contribution in [2.45, 2.75) is 26.2 Å². The quantitative estimate of drug-likeness (QED) is 0.832. The van der Waals surface area contributed by atoms with Crippen LogP contribution in [0.3, 0.4) is 0 Å². The molecule has 2 rings (SSSR count). The highest BCUT2D eigenvalue weighted by atomic mass is 32.1. The second-order valence-corrected chi connectivity index (χ2v) is 6.81. The summed E-state index contributed by atoms with van der Waals surface area (Å²) in [6.45, 7) is 5.26. The van der Waals surface area contributed by atoms with Crippen molar-refractivity contribution in [3.05, 3.63) is 33.7 Å². The Hall–Kier alpha value is -1.97. The van der Waals surface area contributed by atoms with E-state index in [0.717, 1.165) is 19.3 Å². The number of carbonyl (C=O) groups excluding carboxylic acids is 2. The molecule has 5 nitrogen and oxygen atoms in total. The van der Waals surface area contributed by atoms with Crippen LogP contribution in [-0.4, -0.2) is 18.4 Å². The van der Waals surface area contributed by atoms with Gasteiger partial charge >= 0.3 is 5.97 Å². The monoisotopic (exact) mass is 319 g/mol. The number of Topliss-reactive ketones (excluding diaryl/α,β-unsaturated/α-hetero) is 1. The lowest BCUT2D eigenvalue weighted by molar-refractivity contribution is -0.309. The van der Waals surface area contributed by atoms with E-state index in [4.69, 9.17) is 10.00 Å². The van der Waals surface area contributed by atoms with Gasteiger partial charge in [-0.3, -0.25) is 4.79 Å². The Labute approximate surface area is 133 Å². The van der Waals surface area contributed by atoms with Gasteiger partial charge in [0.2, 0.25) is 0 Å². The number of hydrogen-bond donors (Lipinski definition) is 1. The first kappa shape index (κ1) is 16.4. The standard InChI is InChI=1S/C16H18N2O3S/c1-9-3-4-14-11(5-9)6-15(22-14)16(20)21-8-13(19)12(7-17)10(2)18/h6,9,12H,2-5,8,18H2,1H3/p+1/t9-,12+/m0/s1. The molecule has 0 aliphatic heterocycles. The van der Waals surface area contributed by atoms with Gasteiger partial charge in [0.1, 0.15) is 10.6 Å². The van der Waals surface area contributed by atoms with Crippen LogP contribution >= 0.6 is 11.3 Å². The number of aryl methyl sites for hydroxylation is 1. The van der Waals surface area contributed by atoms with Gasteiger partial charge < -0.3 is 10.5 Å². The van der Waals surface area contributed by atoms with Crippen molar-refractivity contribution in [2.75, 3.05) is 6.61 Å². The summed E-state index contributed by atoms with van der Waals surface area (Å²) in [5, 5.41) is 8.87. The van der Waals surface area contributed by atoms with Crippen LogP contribution < -0.4 is 5.73 Å². The van der Waals surface area contributed by atoms with E-state index in [1.54, 1.807) is 0 Å². The summed E-state index contributed by atoms with van der Waals surface area (Å²) in [6.07, 6.45) is 3.11. The Morgan fingerprint density at radius 1 is 1.64 bits per heavy atom. The highest BCUT2D eigenvalue weighted by Crippen LogP contribution is 2.32. The van der Waals surface area contributed by atoms with Gasteiger partial charge in [-0.1, -0.05) is 6.92 Å². The minimum atomic E-state index is -1.02. The summed E-state index contributed by atoms with van der Waals surface area (Å²) in [5.41, 5.74) is 4.91. The molecule has 0 bridgehead atoms. The summed E-state index contributed by atoms with van der Waals surface area (Å²) in [5.74, 6) is -1.39. The third-order valence-corrected chi connectivity index (χ3v) is 4.95. The van der Waals surface area contributed by atoms with Gasteiger partial charge in [0.05, 0.1) is 6.07 Å². The zero-order valence-electron chi connectivity index (χ0n) is 12.6. The fourth-order valence-electron chi connectivity index (χ4n) is 2.49. The molecule has 1 aromatic heterocycles. The van der Waals surface area contributed by atoms with Crippen molar-refractivity contribution < 1.29 is 20.1 Å². The van der Waals surface area contributed by atoms with Crippen molar-refractivity contribution in [2.24, 2.45) is 11.8 Å². The van der Waals surface area contributed by atoms with Gasteiger partial charge in [-0.2, -0.15) is 5.26 Å². The number of rotatable bonds is 5. The lowest BCUT2D eigenvalue weighted by Crippen LogP contribution is -2.51. The summed E-state index contributed by atoms with van der Waals surface area (Å²) < 4.78 is 5.03. The molecule has 0 unspecified atom stereocenters. The molecule has 1 aromatic rings. The van der Waals surface area contributed by atoms with Crippen LogP contribution in [0.4, 0.5) is 0 Å². The number of allylic oxidation sites excluding steroid dienone is 1. The first-order valence-corrected chi connectivity index (χ1v) is 7.95. The van der Waals surface area contributed by atoms with Gasteiger partial charge in [0.15, 0.2) is 18.3 Å². The molecule has 0 spiro atoms. The van der Waals surface area contributed by atoms with Gasteiger partial charge in [0.25, 0.3) is 0 Å². The Bertz CT molecular complexity index is 657. The van der Waals surface area contributed by atoms with Crippen LogP contribution in [0, 0.1) is 23.2 Å². The molecule has 0 radical (unpaired) electrons. The van der Waals surface area contributed by atoms with Crippen LogP contribution in [0.1, 0.15) is 33.5 Å². The highest BCUT2D eigenvalue weighted by molar-refractivity contribution is 7.14. The third kappa shape index (κ3) is 3.62. The molecule has 6 heteroatoms. The maximum absolute atomic E-state index is 12.0. The molecular formula is C16H19N2O3S+. The molecule has 0 aromatic carbocycles. The number of ether oxygens (including phenoxy) is 1. The van der Waals surface area contributed by atoms with Crippen LogP contribution in [0.15, 0.2) is 18.3 Å². The second-order valence-electron chi connectivity index (χ2n) is 5.67. The Balaban J connectivity index is 1.97. The summed E-state index contributed by atoms with van der Waals surface area (Å²) in [4.78, 5) is 25.6. The van der Waals surface area contributed by atoms with E-state index in [-0.39, 0.29) is 5.70 Å². The van der Waals surface area contributed by atoms with E-state index in [9.17, 15) is 9.59 Å². The number of fused-ring (bicyclic) bond motifs is 1. The number of nitriles is 1. The lowest BCUT2D eigenvalue weighted by atomic mass is 9.90. The number of hydrogen-bond acceptors (Lipinski definition) is 5. The molecule has 1 heterocycles. The van der Waals surface area contributed by atoms with Gasteiger partial charge in [-0.15, -0.1) is 11.3 Å². The lowest BCUT2D eigenvalue weighted by Gasteiger charge is -2.16. The molecule has 0 amide bonds. The van der Waals surface area contributed by atoms with Crippen LogP contribution in [-0.2, 0) is 22.4 Å². The van der Waals surface area contributed by atoms with E-state index >= 15 is 0 Å². The highest BCUT2D eigenvalue weighted by Gasteiger charge is 2.25. The van der Waals surface area contributed by atoms with Gasteiger partial charge in [-0.05, 0) is 43.4 Å². The molecule has 2 atom stereocenters. The number of thiophene rings is 1. The molecule has 0 fully saturated rings. The molecule has 0 saturated heterocycles. The fourth-order valence-corrected chi connectivity index (χ4v) is 3.59. The predicted molar refractivity (Wildman–Crippen MR) is 81.9 cm³/mol. The first-order chi connectivity index (χ1) is 10.4. The molecule has 1 aliphatic rings. The van der Waals surface area contributed by atoms with Crippen molar-refractivity contribution >= 4 is 23.1 Å². The van der Waals surface area contributed by atoms with Gasteiger partial charge in [0, 0.05) is 4.88 Å². The Morgan fingerprint density at radius 3 is 3.00 bits per heavy atom. The average molecular weight is 319 g/mol. The molecule has 1 aliphatic carbocycles. The van der Waals surface area contributed by atoms with Crippen LogP contribution in [0.2, 0.25) is 0 Å². The van der Waals surface area contributed by atoms with E-state index in [2.05, 4.69) is 19.2 Å². The normalized spacial score (nSPS) is 18.0. The van der Waals surface area contributed by atoms with Gasteiger partial charge in [-0.25, -0.2) is 4.79 Å². The average Bonchev–Trinajstić information content (AvgIpc) is 2.88. The van der Waals surface area contributed by atoms with E-state index < -0.39 is 24.3 Å². The zero-order valence-corrected chi connectivity index (χ0v) is 13.4. The largest absolute Gasteiger partial charge is 0.453 e. The first-order valence-electron chi connectivity index (χ1n) is 7.14. The summed E-state index contributed by atoms with van der Waals surface area (Å²) in [6, 6.07) is 3.67. The number of ketones is 1.